The maximum absolute atomic E-state index is 13.6. The summed E-state index contributed by atoms with van der Waals surface area (Å²) in [4.78, 5) is 14.6. The lowest BCUT2D eigenvalue weighted by Gasteiger charge is -2.03. The fourth-order valence-corrected chi connectivity index (χ4v) is 1.96. The Bertz CT molecular complexity index is 815. The van der Waals surface area contributed by atoms with Crippen molar-refractivity contribution in [2.75, 3.05) is 0 Å². The highest BCUT2D eigenvalue weighted by atomic mass is 19.1. The standard InChI is InChI=1S/C17H14F2N2O3/c18-11-3-6-13(14(19)8-11)15(22)9-16(20)21-12-4-1-10(2-5-12)7-17(23)24/h1-6,8-9,22H,7H2,(H2,20,21)(H,23,24). The zero-order chi connectivity index (χ0) is 17.7. The number of carbonyl (C=O) groups is 1. The van der Waals surface area contributed by atoms with Gasteiger partial charge in [0.2, 0.25) is 0 Å². The van der Waals surface area contributed by atoms with Gasteiger partial charge in [0, 0.05) is 12.1 Å². The molecule has 0 saturated carbocycles. The van der Waals surface area contributed by atoms with Crippen LogP contribution in [-0.2, 0) is 11.2 Å². The first-order chi connectivity index (χ1) is 11.3. The van der Waals surface area contributed by atoms with Gasteiger partial charge in [-0.2, -0.15) is 0 Å². The summed E-state index contributed by atoms with van der Waals surface area (Å²) in [6, 6.07) is 9.05. The van der Waals surface area contributed by atoms with Gasteiger partial charge in [-0.1, -0.05) is 12.1 Å². The van der Waals surface area contributed by atoms with E-state index in [9.17, 15) is 18.7 Å². The number of hydrogen-bond donors (Lipinski definition) is 3. The summed E-state index contributed by atoms with van der Waals surface area (Å²) in [5.41, 5.74) is 6.50. The van der Waals surface area contributed by atoms with Gasteiger partial charge in [-0.25, -0.2) is 13.8 Å². The van der Waals surface area contributed by atoms with Crippen LogP contribution in [0.1, 0.15) is 11.1 Å². The van der Waals surface area contributed by atoms with Gasteiger partial charge in [0.05, 0.1) is 17.7 Å². The maximum atomic E-state index is 13.6. The molecule has 124 valence electrons. The minimum absolute atomic E-state index is 0.0952. The minimum atomic E-state index is -0.944. The van der Waals surface area contributed by atoms with E-state index in [2.05, 4.69) is 4.99 Å². The van der Waals surface area contributed by atoms with Gasteiger partial charge >= 0.3 is 5.97 Å². The molecule has 4 N–H and O–H groups in total. The van der Waals surface area contributed by atoms with Crippen LogP contribution in [-0.4, -0.2) is 22.0 Å². The fourth-order valence-electron chi connectivity index (χ4n) is 1.96. The number of halogens is 2. The molecule has 0 aliphatic carbocycles. The Hall–Kier alpha value is -3.22. The summed E-state index contributed by atoms with van der Waals surface area (Å²) >= 11 is 0. The largest absolute Gasteiger partial charge is 0.507 e. The Labute approximate surface area is 136 Å². The monoisotopic (exact) mass is 332 g/mol. The third-order valence-electron chi connectivity index (χ3n) is 3.04. The van der Waals surface area contributed by atoms with Crippen LogP contribution in [0, 0.1) is 11.6 Å². The summed E-state index contributed by atoms with van der Waals surface area (Å²) in [5.74, 6) is -3.21. The predicted molar refractivity (Wildman–Crippen MR) is 86.0 cm³/mol. The minimum Gasteiger partial charge on any atom is -0.507 e. The van der Waals surface area contributed by atoms with Gasteiger partial charge in [0.15, 0.2) is 0 Å². The summed E-state index contributed by atoms with van der Waals surface area (Å²) < 4.78 is 26.4. The van der Waals surface area contributed by atoms with E-state index in [0.29, 0.717) is 17.3 Å². The smallest absolute Gasteiger partial charge is 0.307 e. The number of benzene rings is 2. The first kappa shape index (κ1) is 17.1. The van der Waals surface area contributed by atoms with Gasteiger partial charge in [-0.05, 0) is 29.8 Å². The van der Waals surface area contributed by atoms with Crippen molar-refractivity contribution >= 4 is 23.3 Å². The topological polar surface area (TPSA) is 95.9 Å². The average Bonchev–Trinajstić information content (AvgIpc) is 2.48. The average molecular weight is 332 g/mol. The Morgan fingerprint density at radius 1 is 1.12 bits per heavy atom. The first-order valence-electron chi connectivity index (χ1n) is 6.86. The van der Waals surface area contributed by atoms with Crippen molar-refractivity contribution in [3.05, 3.63) is 71.3 Å². The molecule has 0 heterocycles. The van der Waals surface area contributed by atoms with E-state index in [4.69, 9.17) is 10.8 Å². The fraction of sp³-hybridized carbons (Fsp3) is 0.0588. The van der Waals surface area contributed by atoms with E-state index < -0.39 is 23.4 Å². The van der Waals surface area contributed by atoms with Crippen molar-refractivity contribution in [2.45, 2.75) is 6.42 Å². The Kier molecular flexibility index (Phi) is 5.26. The van der Waals surface area contributed by atoms with E-state index in [-0.39, 0.29) is 17.8 Å². The highest BCUT2D eigenvalue weighted by Gasteiger charge is 2.08. The molecule has 0 atom stereocenters. The van der Waals surface area contributed by atoms with Crippen molar-refractivity contribution in [1.29, 1.82) is 0 Å². The Morgan fingerprint density at radius 2 is 1.79 bits per heavy atom. The van der Waals surface area contributed by atoms with Crippen molar-refractivity contribution in [1.82, 2.24) is 0 Å². The van der Waals surface area contributed by atoms with E-state index in [0.717, 1.165) is 18.2 Å². The molecule has 0 spiro atoms. The number of rotatable bonds is 5. The molecule has 0 aliphatic heterocycles. The summed E-state index contributed by atoms with van der Waals surface area (Å²) in [6.07, 6.45) is 0.936. The number of nitrogens with two attached hydrogens (primary N) is 1. The lowest BCUT2D eigenvalue weighted by molar-refractivity contribution is -0.136. The van der Waals surface area contributed by atoms with Crippen LogP contribution < -0.4 is 5.73 Å². The van der Waals surface area contributed by atoms with Crippen LogP contribution in [0.15, 0.2) is 53.5 Å². The summed E-state index contributed by atoms with van der Waals surface area (Å²) in [5, 5.41) is 18.5. The number of carboxylic acids is 1. The molecule has 0 aliphatic rings. The predicted octanol–water partition coefficient (Wildman–Crippen LogP) is 3.18. The number of hydrogen-bond acceptors (Lipinski definition) is 3. The maximum Gasteiger partial charge on any atom is 0.307 e. The highest BCUT2D eigenvalue weighted by molar-refractivity contribution is 5.98. The number of aliphatic hydroxyl groups excluding tert-OH is 1. The van der Waals surface area contributed by atoms with E-state index in [1.807, 2.05) is 0 Å². The van der Waals surface area contributed by atoms with Crippen LogP contribution in [0.3, 0.4) is 0 Å². The molecule has 2 aromatic rings. The molecular formula is C17H14F2N2O3. The Morgan fingerprint density at radius 3 is 2.38 bits per heavy atom. The zero-order valence-corrected chi connectivity index (χ0v) is 12.4. The number of aliphatic hydroxyl groups is 1. The molecule has 0 radical (unpaired) electrons. The zero-order valence-electron chi connectivity index (χ0n) is 12.4. The van der Waals surface area contributed by atoms with Gasteiger partial charge in [0.25, 0.3) is 0 Å². The van der Waals surface area contributed by atoms with Crippen LogP contribution in [0.25, 0.3) is 5.76 Å². The highest BCUT2D eigenvalue weighted by Crippen LogP contribution is 2.18. The molecule has 2 rings (SSSR count). The third kappa shape index (κ3) is 4.64. The molecule has 7 heteroatoms. The molecule has 0 unspecified atom stereocenters. The van der Waals surface area contributed by atoms with Crippen LogP contribution in [0.5, 0.6) is 0 Å². The van der Waals surface area contributed by atoms with E-state index >= 15 is 0 Å². The van der Waals surface area contributed by atoms with E-state index in [1.54, 1.807) is 24.3 Å². The summed E-state index contributed by atoms with van der Waals surface area (Å²) in [6.45, 7) is 0. The number of carboxylic acid groups (broad SMARTS) is 1. The SMILES string of the molecule is NC(C=C(O)c1ccc(F)cc1F)=Nc1ccc(CC(=O)O)cc1. The lowest BCUT2D eigenvalue weighted by Crippen LogP contribution is -2.08. The normalized spacial score (nSPS) is 12.2. The number of amidine groups is 1. The summed E-state index contributed by atoms with van der Waals surface area (Å²) in [7, 11) is 0. The molecule has 0 aromatic heterocycles. The molecule has 2 aromatic carbocycles. The van der Waals surface area contributed by atoms with Gasteiger partial charge < -0.3 is 15.9 Å². The third-order valence-corrected chi connectivity index (χ3v) is 3.04. The van der Waals surface area contributed by atoms with Gasteiger partial charge in [-0.3, -0.25) is 4.79 Å². The van der Waals surface area contributed by atoms with Gasteiger partial charge in [0.1, 0.15) is 23.2 Å². The lowest BCUT2D eigenvalue weighted by atomic mass is 10.1. The molecule has 0 amide bonds. The molecule has 24 heavy (non-hydrogen) atoms. The van der Waals surface area contributed by atoms with Crippen LogP contribution in [0.2, 0.25) is 0 Å². The molecular weight excluding hydrogens is 318 g/mol. The Balaban J connectivity index is 2.19. The van der Waals surface area contributed by atoms with E-state index in [1.165, 1.54) is 0 Å². The van der Waals surface area contributed by atoms with Crippen molar-refractivity contribution < 1.29 is 23.8 Å². The number of aliphatic carboxylic acids is 1. The first-order valence-corrected chi connectivity index (χ1v) is 6.86. The van der Waals surface area contributed by atoms with Crippen molar-refractivity contribution in [3.63, 3.8) is 0 Å². The number of aliphatic imine (C=N–C) groups is 1. The second kappa shape index (κ2) is 7.36. The molecule has 0 bridgehead atoms. The quantitative estimate of drug-likeness (QED) is 0.445. The van der Waals surface area contributed by atoms with Crippen LogP contribution in [0.4, 0.5) is 14.5 Å². The van der Waals surface area contributed by atoms with Crippen molar-refractivity contribution in [3.8, 4) is 0 Å². The molecule has 0 saturated heterocycles. The molecule has 5 nitrogen and oxygen atoms in total. The van der Waals surface area contributed by atoms with Crippen molar-refractivity contribution in [2.24, 2.45) is 10.7 Å². The molecule has 0 fully saturated rings. The van der Waals surface area contributed by atoms with Crippen LogP contribution >= 0.6 is 0 Å². The van der Waals surface area contributed by atoms with Gasteiger partial charge in [-0.15, -0.1) is 0 Å². The second-order valence-corrected chi connectivity index (χ2v) is 4.93. The number of nitrogens with zero attached hydrogens (tertiary/aromatic N) is 1. The second-order valence-electron chi connectivity index (χ2n) is 4.93.